The number of rotatable bonds is 7. The number of fused-ring (bicyclic) bond motifs is 1. The molecule has 0 unspecified atom stereocenters. The van der Waals surface area contributed by atoms with Gasteiger partial charge < -0.3 is 13.9 Å². The van der Waals surface area contributed by atoms with Crippen LogP contribution in [0.5, 0.6) is 0 Å². The summed E-state index contributed by atoms with van der Waals surface area (Å²) in [6.07, 6.45) is 0.977. The first-order chi connectivity index (χ1) is 11.6. The molecule has 24 heavy (non-hydrogen) atoms. The molecule has 0 bridgehead atoms. The minimum absolute atomic E-state index is 0.0316. The molecule has 6 nitrogen and oxygen atoms in total. The maximum atomic E-state index is 12.7. The van der Waals surface area contributed by atoms with Gasteiger partial charge in [-0.3, -0.25) is 9.59 Å². The highest BCUT2D eigenvalue weighted by atomic mass is 16.5. The van der Waals surface area contributed by atoms with Crippen molar-refractivity contribution in [3.8, 4) is 0 Å². The molecule has 1 heterocycles. The van der Waals surface area contributed by atoms with Crippen molar-refractivity contribution < 1.29 is 23.5 Å². The van der Waals surface area contributed by atoms with E-state index in [-0.39, 0.29) is 36.5 Å². The fourth-order valence-corrected chi connectivity index (χ4v) is 2.18. The van der Waals surface area contributed by atoms with Gasteiger partial charge in [-0.05, 0) is 25.0 Å². The fraction of sp³-hybridized carbons (Fsp3) is 0.389. The average molecular weight is 332 g/mol. The Morgan fingerprint density at radius 3 is 2.42 bits per heavy atom. The fourth-order valence-electron chi connectivity index (χ4n) is 2.18. The number of carbonyl (C=O) groups excluding carboxylic acids is 2. The van der Waals surface area contributed by atoms with Crippen molar-refractivity contribution in [1.29, 1.82) is 0 Å². The third-order valence-corrected chi connectivity index (χ3v) is 3.30. The third-order valence-electron chi connectivity index (χ3n) is 3.30. The topological polar surface area (TPSA) is 82.8 Å². The molecule has 0 spiro atoms. The van der Waals surface area contributed by atoms with Crippen LogP contribution in [0.25, 0.3) is 11.0 Å². The van der Waals surface area contributed by atoms with E-state index in [4.69, 9.17) is 13.9 Å². The Bertz CT molecular complexity index is 790. The van der Waals surface area contributed by atoms with Crippen molar-refractivity contribution in [1.82, 2.24) is 0 Å². The molecule has 2 aromatic rings. The second kappa shape index (κ2) is 8.29. The van der Waals surface area contributed by atoms with Crippen LogP contribution in [-0.4, -0.2) is 25.2 Å². The lowest BCUT2D eigenvalue weighted by Crippen LogP contribution is -2.22. The maximum Gasteiger partial charge on any atom is 0.374 e. The Morgan fingerprint density at radius 1 is 1.04 bits per heavy atom. The summed E-state index contributed by atoms with van der Waals surface area (Å²) < 4.78 is 15.6. The van der Waals surface area contributed by atoms with Gasteiger partial charge in [-0.25, -0.2) is 4.79 Å². The number of benzene rings is 1. The van der Waals surface area contributed by atoms with Crippen LogP contribution in [0.1, 0.15) is 42.8 Å². The van der Waals surface area contributed by atoms with Gasteiger partial charge in [-0.15, -0.1) is 0 Å². The SMILES string of the molecule is CCCOC(=O)Cc1c(C(=O)OCCC)oc2ccccc2c1=O. The van der Waals surface area contributed by atoms with E-state index in [2.05, 4.69) is 0 Å². The number of para-hydroxylation sites is 1. The molecule has 2 rings (SSSR count). The van der Waals surface area contributed by atoms with E-state index in [1.165, 1.54) is 0 Å². The number of hydrogen-bond donors (Lipinski definition) is 0. The van der Waals surface area contributed by atoms with Crippen molar-refractivity contribution >= 4 is 22.9 Å². The average Bonchev–Trinajstić information content (AvgIpc) is 2.60. The molecule has 0 amide bonds. The molecule has 0 saturated heterocycles. The zero-order valence-corrected chi connectivity index (χ0v) is 13.8. The molecule has 128 valence electrons. The first-order valence-electron chi connectivity index (χ1n) is 7.95. The first-order valence-corrected chi connectivity index (χ1v) is 7.95. The second-order valence-corrected chi connectivity index (χ2v) is 5.27. The van der Waals surface area contributed by atoms with Gasteiger partial charge in [0.1, 0.15) is 5.58 Å². The summed E-state index contributed by atoms with van der Waals surface area (Å²) in [5.74, 6) is -1.57. The highest BCUT2D eigenvalue weighted by Crippen LogP contribution is 2.17. The van der Waals surface area contributed by atoms with Gasteiger partial charge in [0.15, 0.2) is 5.43 Å². The van der Waals surface area contributed by atoms with Crippen LogP contribution < -0.4 is 5.43 Å². The Hall–Kier alpha value is -2.63. The van der Waals surface area contributed by atoms with Gasteiger partial charge in [0.25, 0.3) is 0 Å². The smallest absolute Gasteiger partial charge is 0.374 e. The van der Waals surface area contributed by atoms with Crippen molar-refractivity contribution in [3.63, 3.8) is 0 Å². The Balaban J connectivity index is 2.47. The summed E-state index contributed by atoms with van der Waals surface area (Å²) >= 11 is 0. The predicted octanol–water partition coefficient (Wildman–Crippen LogP) is 2.86. The highest BCUT2D eigenvalue weighted by molar-refractivity contribution is 5.92. The third kappa shape index (κ3) is 4.01. The zero-order chi connectivity index (χ0) is 17.5. The minimum atomic E-state index is -0.752. The van der Waals surface area contributed by atoms with Crippen molar-refractivity contribution in [2.24, 2.45) is 0 Å². The molecular formula is C18H20O6. The highest BCUT2D eigenvalue weighted by Gasteiger charge is 2.24. The van der Waals surface area contributed by atoms with E-state index < -0.39 is 17.4 Å². The summed E-state index contributed by atoms with van der Waals surface area (Å²) in [7, 11) is 0. The van der Waals surface area contributed by atoms with Crippen LogP contribution in [0.3, 0.4) is 0 Å². The number of carbonyl (C=O) groups is 2. The van der Waals surface area contributed by atoms with Crippen LogP contribution in [0, 0.1) is 0 Å². The van der Waals surface area contributed by atoms with Crippen LogP contribution in [-0.2, 0) is 20.7 Å². The van der Waals surface area contributed by atoms with Crippen molar-refractivity contribution in [2.75, 3.05) is 13.2 Å². The van der Waals surface area contributed by atoms with Gasteiger partial charge in [0.05, 0.1) is 30.6 Å². The van der Waals surface area contributed by atoms with E-state index in [9.17, 15) is 14.4 Å². The molecule has 0 saturated carbocycles. The van der Waals surface area contributed by atoms with E-state index >= 15 is 0 Å². The first kappa shape index (κ1) is 17.7. The minimum Gasteiger partial charge on any atom is -0.465 e. The summed E-state index contributed by atoms with van der Waals surface area (Å²) in [4.78, 5) is 36.8. The number of ether oxygens (including phenoxy) is 2. The number of esters is 2. The molecule has 0 aliphatic carbocycles. The van der Waals surface area contributed by atoms with Crippen LogP contribution in [0.4, 0.5) is 0 Å². The lowest BCUT2D eigenvalue weighted by atomic mass is 10.1. The quantitative estimate of drug-likeness (QED) is 0.725. The van der Waals surface area contributed by atoms with E-state index in [1.54, 1.807) is 24.3 Å². The molecule has 1 aromatic carbocycles. The van der Waals surface area contributed by atoms with Crippen molar-refractivity contribution in [3.05, 3.63) is 45.8 Å². The van der Waals surface area contributed by atoms with E-state index in [1.807, 2.05) is 13.8 Å². The lowest BCUT2D eigenvalue weighted by molar-refractivity contribution is -0.142. The van der Waals surface area contributed by atoms with Gasteiger partial charge in [-0.2, -0.15) is 0 Å². The second-order valence-electron chi connectivity index (χ2n) is 5.27. The number of hydrogen-bond acceptors (Lipinski definition) is 6. The Labute approximate surface area is 139 Å². The molecule has 0 atom stereocenters. The monoisotopic (exact) mass is 332 g/mol. The maximum absolute atomic E-state index is 12.7. The molecule has 0 aliphatic rings. The molecule has 0 N–H and O–H groups in total. The van der Waals surface area contributed by atoms with E-state index in [0.717, 1.165) is 0 Å². The van der Waals surface area contributed by atoms with Gasteiger partial charge >= 0.3 is 11.9 Å². The molecule has 0 aliphatic heterocycles. The molecule has 0 radical (unpaired) electrons. The molecule has 0 fully saturated rings. The van der Waals surface area contributed by atoms with Gasteiger partial charge in [-0.1, -0.05) is 26.0 Å². The van der Waals surface area contributed by atoms with Crippen LogP contribution >= 0.6 is 0 Å². The van der Waals surface area contributed by atoms with Gasteiger partial charge in [0.2, 0.25) is 5.76 Å². The summed E-state index contributed by atoms with van der Waals surface area (Å²) in [5.41, 5.74) is -0.179. The summed E-state index contributed by atoms with van der Waals surface area (Å²) in [6.45, 7) is 4.18. The van der Waals surface area contributed by atoms with Crippen LogP contribution in [0.2, 0.25) is 0 Å². The molecule has 6 heteroatoms. The summed E-state index contributed by atoms with van der Waals surface area (Å²) in [6, 6.07) is 6.56. The molecular weight excluding hydrogens is 312 g/mol. The zero-order valence-electron chi connectivity index (χ0n) is 13.8. The lowest BCUT2D eigenvalue weighted by Gasteiger charge is -2.09. The van der Waals surface area contributed by atoms with Crippen molar-refractivity contribution in [2.45, 2.75) is 33.1 Å². The predicted molar refractivity (Wildman–Crippen MR) is 88.0 cm³/mol. The normalized spacial score (nSPS) is 10.6. The Kier molecular flexibility index (Phi) is 6.12. The largest absolute Gasteiger partial charge is 0.465 e. The van der Waals surface area contributed by atoms with E-state index in [0.29, 0.717) is 18.2 Å². The Morgan fingerprint density at radius 2 is 1.71 bits per heavy atom. The van der Waals surface area contributed by atoms with Crippen LogP contribution in [0.15, 0.2) is 33.5 Å². The summed E-state index contributed by atoms with van der Waals surface area (Å²) in [5, 5.41) is 0.308. The standard InChI is InChI=1S/C18H20O6/c1-3-9-22-15(19)11-13-16(20)12-7-5-6-8-14(12)24-17(13)18(21)23-10-4-2/h5-8H,3-4,9-11H2,1-2H3. The van der Waals surface area contributed by atoms with Gasteiger partial charge in [0, 0.05) is 0 Å². The molecule has 1 aromatic heterocycles.